The van der Waals surface area contributed by atoms with Crippen molar-refractivity contribution in [3.8, 4) is 0 Å². The molecule has 0 fully saturated rings. The van der Waals surface area contributed by atoms with Crippen molar-refractivity contribution in [1.82, 2.24) is 0 Å². The van der Waals surface area contributed by atoms with Gasteiger partial charge in [-0.05, 0) is 12.8 Å². The fraction of sp³-hybridized carbons (Fsp3) is 0.920. The SMILES string of the molecule is CCCCCCCCCC(=O)OCC(COC(=O)CCCCCCCCC)OCOC. The monoisotopic (exact) mass is 444 g/mol. The molecule has 0 bridgehead atoms. The highest BCUT2D eigenvalue weighted by atomic mass is 16.7. The fourth-order valence-electron chi connectivity index (χ4n) is 3.28. The standard InChI is InChI=1S/C25H48O6/c1-4-6-8-10-12-14-16-18-24(26)29-20-23(31-22-28-3)21-30-25(27)19-17-15-13-11-9-7-5-2/h23H,4-22H2,1-3H3. The molecular formula is C25H48O6. The molecule has 0 aliphatic heterocycles. The first-order valence-electron chi connectivity index (χ1n) is 12.6. The highest BCUT2D eigenvalue weighted by Gasteiger charge is 2.15. The normalized spacial score (nSPS) is 11.1. The predicted molar refractivity (Wildman–Crippen MR) is 124 cm³/mol. The van der Waals surface area contributed by atoms with Crippen LogP contribution in [-0.4, -0.2) is 45.2 Å². The summed E-state index contributed by atoms with van der Waals surface area (Å²) in [6.07, 6.45) is 16.6. The van der Waals surface area contributed by atoms with Crippen LogP contribution < -0.4 is 0 Å². The van der Waals surface area contributed by atoms with Gasteiger partial charge in [0.05, 0.1) is 0 Å². The Morgan fingerprint density at radius 1 is 0.613 bits per heavy atom. The molecular weight excluding hydrogens is 396 g/mol. The minimum absolute atomic E-state index is 0.0648. The van der Waals surface area contributed by atoms with Crippen LogP contribution in [0.15, 0.2) is 0 Å². The van der Waals surface area contributed by atoms with E-state index in [0.29, 0.717) is 12.8 Å². The lowest BCUT2D eigenvalue weighted by atomic mass is 10.1. The third-order valence-corrected chi connectivity index (χ3v) is 5.25. The average molecular weight is 445 g/mol. The number of carbonyl (C=O) groups is 2. The first-order valence-corrected chi connectivity index (χ1v) is 12.6. The molecule has 0 rings (SSSR count). The topological polar surface area (TPSA) is 71.1 Å². The van der Waals surface area contributed by atoms with E-state index in [1.54, 1.807) is 0 Å². The maximum atomic E-state index is 11.9. The van der Waals surface area contributed by atoms with Crippen LogP contribution in [0.4, 0.5) is 0 Å². The molecule has 0 aromatic carbocycles. The molecule has 184 valence electrons. The molecule has 0 aromatic rings. The minimum atomic E-state index is -0.504. The summed E-state index contributed by atoms with van der Waals surface area (Å²) in [5.74, 6) is -0.456. The summed E-state index contributed by atoms with van der Waals surface area (Å²) in [6, 6.07) is 0. The molecule has 0 amide bonds. The molecule has 31 heavy (non-hydrogen) atoms. The molecule has 0 aromatic heterocycles. The fourth-order valence-corrected chi connectivity index (χ4v) is 3.28. The van der Waals surface area contributed by atoms with Gasteiger partial charge in [0.25, 0.3) is 0 Å². The van der Waals surface area contributed by atoms with Crippen molar-refractivity contribution in [2.24, 2.45) is 0 Å². The molecule has 0 radical (unpaired) electrons. The Morgan fingerprint density at radius 3 is 1.39 bits per heavy atom. The van der Waals surface area contributed by atoms with Crippen molar-refractivity contribution >= 4 is 11.9 Å². The van der Waals surface area contributed by atoms with Gasteiger partial charge in [0, 0.05) is 20.0 Å². The molecule has 0 aliphatic rings. The van der Waals surface area contributed by atoms with Crippen molar-refractivity contribution in [2.75, 3.05) is 27.1 Å². The average Bonchev–Trinajstić information content (AvgIpc) is 2.77. The molecule has 6 heteroatoms. The summed E-state index contributed by atoms with van der Waals surface area (Å²) in [7, 11) is 1.52. The van der Waals surface area contributed by atoms with Gasteiger partial charge in [-0.15, -0.1) is 0 Å². The van der Waals surface area contributed by atoms with Crippen molar-refractivity contribution < 1.29 is 28.5 Å². The number of methoxy groups -OCH3 is 1. The van der Waals surface area contributed by atoms with Crippen LogP contribution >= 0.6 is 0 Å². The first-order chi connectivity index (χ1) is 15.1. The Labute approximate surface area is 190 Å². The van der Waals surface area contributed by atoms with E-state index in [-0.39, 0.29) is 31.9 Å². The second kappa shape index (κ2) is 23.5. The van der Waals surface area contributed by atoms with Crippen LogP contribution in [0, 0.1) is 0 Å². The zero-order valence-electron chi connectivity index (χ0n) is 20.5. The van der Waals surface area contributed by atoms with Crippen molar-refractivity contribution in [2.45, 2.75) is 123 Å². The second-order valence-electron chi connectivity index (χ2n) is 8.30. The summed E-state index contributed by atoms with van der Waals surface area (Å²) in [5.41, 5.74) is 0. The maximum absolute atomic E-state index is 11.9. The van der Waals surface area contributed by atoms with E-state index in [0.717, 1.165) is 25.7 Å². The van der Waals surface area contributed by atoms with Crippen LogP contribution in [0.5, 0.6) is 0 Å². The Hall–Kier alpha value is -1.14. The van der Waals surface area contributed by atoms with E-state index in [1.807, 2.05) is 0 Å². The van der Waals surface area contributed by atoms with Crippen molar-refractivity contribution in [3.63, 3.8) is 0 Å². The van der Waals surface area contributed by atoms with E-state index in [9.17, 15) is 9.59 Å². The van der Waals surface area contributed by atoms with Gasteiger partial charge in [0.1, 0.15) is 26.1 Å². The van der Waals surface area contributed by atoms with Gasteiger partial charge < -0.3 is 18.9 Å². The maximum Gasteiger partial charge on any atom is 0.305 e. The summed E-state index contributed by atoms with van der Waals surface area (Å²) < 4.78 is 21.0. The van der Waals surface area contributed by atoms with Crippen LogP contribution in [0.1, 0.15) is 117 Å². The minimum Gasteiger partial charge on any atom is -0.463 e. The molecule has 0 saturated carbocycles. The van der Waals surface area contributed by atoms with Crippen LogP contribution in [0.3, 0.4) is 0 Å². The Morgan fingerprint density at radius 2 is 1.00 bits per heavy atom. The molecule has 0 heterocycles. The lowest BCUT2D eigenvalue weighted by Gasteiger charge is -2.17. The van der Waals surface area contributed by atoms with Gasteiger partial charge in [0.2, 0.25) is 0 Å². The van der Waals surface area contributed by atoms with Gasteiger partial charge in [-0.2, -0.15) is 0 Å². The van der Waals surface area contributed by atoms with E-state index >= 15 is 0 Å². The van der Waals surface area contributed by atoms with Gasteiger partial charge in [-0.3, -0.25) is 9.59 Å². The van der Waals surface area contributed by atoms with E-state index < -0.39 is 6.10 Å². The van der Waals surface area contributed by atoms with Gasteiger partial charge in [0.15, 0.2) is 0 Å². The Bertz CT molecular complexity index is 379. The summed E-state index contributed by atoms with van der Waals surface area (Å²) >= 11 is 0. The van der Waals surface area contributed by atoms with Gasteiger partial charge >= 0.3 is 11.9 Å². The molecule has 0 saturated heterocycles. The Kier molecular flexibility index (Phi) is 22.7. The van der Waals surface area contributed by atoms with Gasteiger partial charge in [-0.1, -0.05) is 90.9 Å². The second-order valence-corrected chi connectivity index (χ2v) is 8.30. The highest BCUT2D eigenvalue weighted by molar-refractivity contribution is 5.69. The molecule has 0 atom stereocenters. The Balaban J connectivity index is 3.88. The lowest BCUT2D eigenvalue weighted by Crippen LogP contribution is -2.29. The zero-order chi connectivity index (χ0) is 23.0. The van der Waals surface area contributed by atoms with Crippen LogP contribution in [0.2, 0.25) is 0 Å². The number of hydrogen-bond donors (Lipinski definition) is 0. The molecule has 0 unspecified atom stereocenters. The van der Waals surface area contributed by atoms with E-state index in [4.69, 9.17) is 18.9 Å². The van der Waals surface area contributed by atoms with Crippen LogP contribution in [-0.2, 0) is 28.5 Å². The van der Waals surface area contributed by atoms with Gasteiger partial charge in [-0.25, -0.2) is 0 Å². The highest BCUT2D eigenvalue weighted by Crippen LogP contribution is 2.10. The number of rotatable bonds is 23. The third-order valence-electron chi connectivity index (χ3n) is 5.25. The van der Waals surface area contributed by atoms with Crippen LogP contribution in [0.25, 0.3) is 0 Å². The number of unbranched alkanes of at least 4 members (excludes halogenated alkanes) is 12. The molecule has 0 spiro atoms. The molecule has 0 aliphatic carbocycles. The number of esters is 2. The predicted octanol–water partition coefficient (Wildman–Crippen LogP) is 6.34. The summed E-state index contributed by atoms with van der Waals surface area (Å²) in [5, 5.41) is 0. The number of hydrogen-bond acceptors (Lipinski definition) is 6. The first kappa shape index (κ1) is 29.9. The largest absolute Gasteiger partial charge is 0.463 e. The molecule has 6 nitrogen and oxygen atoms in total. The zero-order valence-corrected chi connectivity index (χ0v) is 20.5. The number of carbonyl (C=O) groups excluding carboxylic acids is 2. The van der Waals surface area contributed by atoms with Crippen molar-refractivity contribution in [1.29, 1.82) is 0 Å². The smallest absolute Gasteiger partial charge is 0.305 e. The third kappa shape index (κ3) is 21.9. The van der Waals surface area contributed by atoms with E-state index in [1.165, 1.54) is 71.3 Å². The quantitative estimate of drug-likeness (QED) is 0.104. The summed E-state index contributed by atoms with van der Waals surface area (Å²) in [6.45, 7) is 4.62. The lowest BCUT2D eigenvalue weighted by molar-refractivity contribution is -0.162. The molecule has 0 N–H and O–H groups in total. The van der Waals surface area contributed by atoms with E-state index in [2.05, 4.69) is 13.8 Å². The summed E-state index contributed by atoms with van der Waals surface area (Å²) in [4.78, 5) is 23.9. The number of ether oxygens (including phenoxy) is 4. The van der Waals surface area contributed by atoms with Crippen molar-refractivity contribution in [3.05, 3.63) is 0 Å².